The first-order chi connectivity index (χ1) is 15.2. The minimum atomic E-state index is -0.0271. The van der Waals surface area contributed by atoms with Gasteiger partial charge in [0.15, 0.2) is 0 Å². The number of aromatic nitrogens is 4. The summed E-state index contributed by atoms with van der Waals surface area (Å²) in [5.74, 6) is 1.60. The van der Waals surface area contributed by atoms with Gasteiger partial charge in [0.25, 0.3) is 0 Å². The van der Waals surface area contributed by atoms with Crippen molar-refractivity contribution in [2.45, 2.75) is 31.8 Å². The second-order valence-corrected chi connectivity index (χ2v) is 8.47. The van der Waals surface area contributed by atoms with Crippen molar-refractivity contribution < 1.29 is 4.74 Å². The molecule has 31 heavy (non-hydrogen) atoms. The van der Waals surface area contributed by atoms with Crippen LogP contribution in [0.5, 0.6) is 5.75 Å². The van der Waals surface area contributed by atoms with Gasteiger partial charge in [0.2, 0.25) is 5.95 Å². The number of nitrogens with zero attached hydrogens (tertiary/aromatic N) is 5. The second kappa shape index (κ2) is 8.19. The Bertz CT molecular complexity index is 1020. The number of rotatable bonds is 6. The Morgan fingerprint density at radius 2 is 2.06 bits per heavy atom. The number of nitrogens with one attached hydrogen (secondary N) is 2. The molecule has 1 atom stereocenters. The molecule has 2 aliphatic heterocycles. The lowest BCUT2D eigenvalue weighted by atomic mass is 9.78. The summed E-state index contributed by atoms with van der Waals surface area (Å²) in [7, 11) is 1.70. The average molecular weight is 420 g/mol. The molecular weight excluding hydrogens is 390 g/mol. The predicted molar refractivity (Wildman–Crippen MR) is 120 cm³/mol. The van der Waals surface area contributed by atoms with Crippen LogP contribution < -0.4 is 15.0 Å². The number of hydrogen-bond acceptors (Lipinski definition) is 7. The van der Waals surface area contributed by atoms with Gasteiger partial charge in [-0.1, -0.05) is 0 Å². The molecule has 2 aliphatic rings. The van der Waals surface area contributed by atoms with E-state index in [9.17, 15) is 0 Å². The molecule has 3 aromatic rings. The first-order valence-electron chi connectivity index (χ1n) is 10.9. The third-order valence-corrected chi connectivity index (χ3v) is 6.38. The largest absolute Gasteiger partial charge is 0.497 e. The molecule has 1 aromatic carbocycles. The lowest BCUT2D eigenvalue weighted by molar-refractivity contribution is 0.292. The number of H-pyrrole nitrogens is 1. The average Bonchev–Trinajstić information content (AvgIpc) is 3.45. The maximum Gasteiger partial charge on any atom is 0.222 e. The van der Waals surface area contributed by atoms with E-state index in [0.717, 1.165) is 63.1 Å². The number of aromatic amines is 1. The first kappa shape index (κ1) is 19.8. The zero-order valence-corrected chi connectivity index (χ0v) is 18.1. The lowest BCUT2D eigenvalue weighted by Crippen LogP contribution is -2.48. The third kappa shape index (κ3) is 3.83. The number of hydrogen-bond donors (Lipinski definition) is 2. The van der Waals surface area contributed by atoms with E-state index in [-0.39, 0.29) is 5.41 Å². The molecule has 2 N–H and O–H groups in total. The minimum absolute atomic E-state index is 0.0271. The van der Waals surface area contributed by atoms with E-state index >= 15 is 0 Å². The molecule has 1 unspecified atom stereocenters. The fourth-order valence-electron chi connectivity index (χ4n) is 4.93. The molecule has 0 aliphatic carbocycles. The van der Waals surface area contributed by atoms with E-state index in [0.29, 0.717) is 0 Å². The number of methoxy groups -OCH3 is 1. The minimum Gasteiger partial charge on any atom is -0.497 e. The SMILES string of the molecule is CCNc1ncc2c(n1)C1(CCN(Cc3ccn[nH]3)C1)CN(c1ccc(OC)cc1)C2. The highest BCUT2D eigenvalue weighted by Gasteiger charge is 2.46. The van der Waals surface area contributed by atoms with Gasteiger partial charge in [-0.3, -0.25) is 10.00 Å². The topological polar surface area (TPSA) is 82.2 Å². The van der Waals surface area contributed by atoms with E-state index in [1.807, 2.05) is 24.5 Å². The zero-order valence-electron chi connectivity index (χ0n) is 18.1. The van der Waals surface area contributed by atoms with Crippen LogP contribution in [0.1, 0.15) is 30.3 Å². The van der Waals surface area contributed by atoms with Crippen molar-refractivity contribution in [3.8, 4) is 5.75 Å². The fraction of sp³-hybridized carbons (Fsp3) is 0.435. The van der Waals surface area contributed by atoms with Gasteiger partial charge in [0, 0.05) is 67.5 Å². The van der Waals surface area contributed by atoms with Crippen LogP contribution in [0.3, 0.4) is 0 Å². The molecule has 1 spiro atoms. The highest BCUT2D eigenvalue weighted by atomic mass is 16.5. The monoisotopic (exact) mass is 419 g/mol. The third-order valence-electron chi connectivity index (χ3n) is 6.38. The van der Waals surface area contributed by atoms with Gasteiger partial charge in [0.1, 0.15) is 5.75 Å². The molecule has 8 nitrogen and oxygen atoms in total. The summed E-state index contributed by atoms with van der Waals surface area (Å²) in [5.41, 5.74) is 4.74. The Hall–Kier alpha value is -3.13. The summed E-state index contributed by atoms with van der Waals surface area (Å²) < 4.78 is 5.35. The molecule has 2 aromatic heterocycles. The molecular formula is C23H29N7O. The molecule has 8 heteroatoms. The van der Waals surface area contributed by atoms with Gasteiger partial charge < -0.3 is 15.0 Å². The molecule has 0 amide bonds. The van der Waals surface area contributed by atoms with E-state index < -0.39 is 0 Å². The van der Waals surface area contributed by atoms with Crippen LogP contribution in [0.2, 0.25) is 0 Å². The summed E-state index contributed by atoms with van der Waals surface area (Å²) in [5, 5.41) is 10.5. The molecule has 5 rings (SSSR count). The lowest BCUT2D eigenvalue weighted by Gasteiger charge is -2.42. The van der Waals surface area contributed by atoms with Crippen LogP contribution in [-0.4, -0.2) is 58.4 Å². The van der Waals surface area contributed by atoms with Crippen LogP contribution in [0.25, 0.3) is 0 Å². The van der Waals surface area contributed by atoms with Gasteiger partial charge in [-0.05, 0) is 50.2 Å². The molecule has 1 fully saturated rings. The normalized spacial score (nSPS) is 20.8. The van der Waals surface area contributed by atoms with E-state index in [2.05, 4.69) is 55.4 Å². The standard InChI is InChI=1S/C23H29N7O/c1-3-24-22-25-12-17-13-30(19-4-6-20(31-2)7-5-19)16-23(21(17)27-22)9-11-29(15-23)14-18-8-10-26-28-18/h4-8,10,12H,3,9,11,13-16H2,1-2H3,(H,26,28)(H,24,25,27). The molecule has 0 saturated carbocycles. The Morgan fingerprint density at radius 1 is 1.19 bits per heavy atom. The molecule has 0 radical (unpaired) electrons. The number of anilines is 2. The molecule has 1 saturated heterocycles. The van der Waals surface area contributed by atoms with Gasteiger partial charge in [-0.2, -0.15) is 5.10 Å². The fourth-order valence-corrected chi connectivity index (χ4v) is 4.93. The number of benzene rings is 1. The summed E-state index contributed by atoms with van der Waals surface area (Å²) in [6, 6.07) is 10.4. The summed E-state index contributed by atoms with van der Waals surface area (Å²) in [4.78, 5) is 14.5. The van der Waals surface area contributed by atoms with Crippen LogP contribution in [0, 0.1) is 0 Å². The quantitative estimate of drug-likeness (QED) is 0.636. The summed E-state index contributed by atoms with van der Waals surface area (Å²) in [6.07, 6.45) is 4.90. The van der Waals surface area contributed by atoms with Crippen molar-refractivity contribution in [3.63, 3.8) is 0 Å². The number of fused-ring (bicyclic) bond motifs is 2. The second-order valence-electron chi connectivity index (χ2n) is 8.47. The Balaban J connectivity index is 1.47. The van der Waals surface area contributed by atoms with Crippen LogP contribution >= 0.6 is 0 Å². The maximum absolute atomic E-state index is 5.35. The van der Waals surface area contributed by atoms with Crippen LogP contribution in [0.15, 0.2) is 42.7 Å². The van der Waals surface area contributed by atoms with Crippen molar-refractivity contribution in [1.82, 2.24) is 25.1 Å². The van der Waals surface area contributed by atoms with Crippen molar-refractivity contribution in [2.24, 2.45) is 0 Å². The van der Waals surface area contributed by atoms with Gasteiger partial charge in [0.05, 0.1) is 12.8 Å². The van der Waals surface area contributed by atoms with Crippen molar-refractivity contribution in [2.75, 3.05) is 43.5 Å². The zero-order chi connectivity index (χ0) is 21.3. The van der Waals surface area contributed by atoms with Gasteiger partial charge in [-0.25, -0.2) is 9.97 Å². The first-order valence-corrected chi connectivity index (χ1v) is 10.9. The van der Waals surface area contributed by atoms with Crippen LogP contribution in [0.4, 0.5) is 11.6 Å². The summed E-state index contributed by atoms with van der Waals surface area (Å²) in [6.45, 7) is 7.53. The maximum atomic E-state index is 5.35. The molecule has 0 bridgehead atoms. The van der Waals surface area contributed by atoms with Crippen molar-refractivity contribution >= 4 is 11.6 Å². The highest BCUT2D eigenvalue weighted by molar-refractivity contribution is 5.53. The molecule has 4 heterocycles. The van der Waals surface area contributed by atoms with Crippen molar-refractivity contribution in [3.05, 3.63) is 59.7 Å². The van der Waals surface area contributed by atoms with Gasteiger partial charge >= 0.3 is 0 Å². The predicted octanol–water partition coefficient (Wildman–Crippen LogP) is 2.80. The van der Waals surface area contributed by atoms with E-state index in [1.165, 1.54) is 16.9 Å². The Labute approximate surface area is 182 Å². The Kier molecular flexibility index (Phi) is 5.23. The summed E-state index contributed by atoms with van der Waals surface area (Å²) >= 11 is 0. The van der Waals surface area contributed by atoms with Gasteiger partial charge in [-0.15, -0.1) is 0 Å². The smallest absolute Gasteiger partial charge is 0.222 e. The molecule has 162 valence electrons. The number of ether oxygens (including phenoxy) is 1. The van der Waals surface area contributed by atoms with Crippen molar-refractivity contribution in [1.29, 1.82) is 0 Å². The van der Waals surface area contributed by atoms with Crippen LogP contribution in [-0.2, 0) is 18.5 Å². The van der Waals surface area contributed by atoms with E-state index in [4.69, 9.17) is 9.72 Å². The number of likely N-dealkylation sites (tertiary alicyclic amines) is 1. The highest BCUT2D eigenvalue weighted by Crippen LogP contribution is 2.42. The van der Waals surface area contributed by atoms with E-state index in [1.54, 1.807) is 7.11 Å². The Morgan fingerprint density at radius 3 is 2.81 bits per heavy atom.